The monoisotopic (exact) mass is 267 g/mol. The van der Waals surface area contributed by atoms with Crippen LogP contribution in [-0.2, 0) is 6.42 Å². The number of hydrogen-bond donors (Lipinski definition) is 1. The van der Waals surface area contributed by atoms with E-state index in [-0.39, 0.29) is 0 Å². The van der Waals surface area contributed by atoms with Crippen LogP contribution in [0.5, 0.6) is 0 Å². The van der Waals surface area contributed by atoms with Gasteiger partial charge in [0.1, 0.15) is 0 Å². The van der Waals surface area contributed by atoms with Crippen LogP contribution in [0.2, 0.25) is 0 Å². The molecule has 1 unspecified atom stereocenters. The van der Waals surface area contributed by atoms with Crippen LogP contribution in [0, 0.1) is 6.92 Å². The second-order valence-electron chi connectivity index (χ2n) is 5.86. The third-order valence-electron chi connectivity index (χ3n) is 3.88. The van der Waals surface area contributed by atoms with Gasteiger partial charge in [0.05, 0.1) is 0 Å². The smallest absolute Gasteiger partial charge is 0.0358 e. The molecule has 1 N–H and O–H groups in total. The first-order valence-electron chi connectivity index (χ1n) is 7.43. The Morgan fingerprint density at radius 2 is 1.60 bits per heavy atom. The minimum atomic E-state index is 0.373. The molecule has 0 amide bonds. The topological polar surface area (TPSA) is 12.0 Å². The van der Waals surface area contributed by atoms with Crippen LogP contribution in [0.25, 0.3) is 0 Å². The van der Waals surface area contributed by atoms with Crippen molar-refractivity contribution in [3.05, 3.63) is 70.8 Å². The molecule has 1 nitrogen and oxygen atoms in total. The molecule has 0 spiro atoms. The van der Waals surface area contributed by atoms with Gasteiger partial charge in [-0.3, -0.25) is 0 Å². The number of benzene rings is 2. The van der Waals surface area contributed by atoms with E-state index < -0.39 is 0 Å². The van der Waals surface area contributed by atoms with Crippen LogP contribution in [0.15, 0.2) is 48.5 Å². The van der Waals surface area contributed by atoms with Crippen LogP contribution in [0.3, 0.4) is 0 Å². The van der Waals surface area contributed by atoms with Gasteiger partial charge in [-0.1, -0.05) is 67.9 Å². The normalized spacial score (nSPS) is 12.7. The highest BCUT2D eigenvalue weighted by Crippen LogP contribution is 2.21. The minimum Gasteiger partial charge on any atom is -0.313 e. The molecular formula is C19H25N. The summed E-state index contributed by atoms with van der Waals surface area (Å²) in [6.07, 6.45) is 1.03. The predicted molar refractivity (Wildman–Crippen MR) is 87.2 cm³/mol. The van der Waals surface area contributed by atoms with E-state index in [0.717, 1.165) is 6.42 Å². The molecule has 0 aliphatic heterocycles. The van der Waals surface area contributed by atoms with E-state index in [2.05, 4.69) is 74.6 Å². The van der Waals surface area contributed by atoms with Crippen LogP contribution in [-0.4, -0.2) is 7.05 Å². The lowest BCUT2D eigenvalue weighted by molar-refractivity contribution is 0.591. The Morgan fingerprint density at radius 3 is 2.15 bits per heavy atom. The summed E-state index contributed by atoms with van der Waals surface area (Å²) in [4.78, 5) is 0. The maximum absolute atomic E-state index is 3.43. The maximum Gasteiger partial charge on any atom is 0.0358 e. The van der Waals surface area contributed by atoms with Gasteiger partial charge in [0.25, 0.3) is 0 Å². The molecule has 0 aromatic heterocycles. The van der Waals surface area contributed by atoms with Crippen molar-refractivity contribution < 1.29 is 0 Å². The van der Waals surface area contributed by atoms with Crippen molar-refractivity contribution in [2.24, 2.45) is 0 Å². The Balaban J connectivity index is 2.15. The van der Waals surface area contributed by atoms with Crippen molar-refractivity contribution >= 4 is 0 Å². The van der Waals surface area contributed by atoms with Gasteiger partial charge in [-0.05, 0) is 43.0 Å². The molecule has 0 aliphatic carbocycles. The highest BCUT2D eigenvalue weighted by molar-refractivity contribution is 5.29. The Hall–Kier alpha value is -1.60. The molecule has 1 atom stereocenters. The largest absolute Gasteiger partial charge is 0.313 e. The standard InChI is InChI=1S/C19H25N/c1-14(2)17-8-10-18(11-9-17)19(20-4)13-16-7-5-6-15(3)12-16/h5-12,14,19-20H,13H2,1-4H3. The average molecular weight is 267 g/mol. The summed E-state index contributed by atoms with van der Waals surface area (Å²) in [7, 11) is 2.04. The van der Waals surface area contributed by atoms with Gasteiger partial charge in [-0.2, -0.15) is 0 Å². The van der Waals surface area contributed by atoms with Gasteiger partial charge < -0.3 is 5.32 Å². The molecule has 0 heterocycles. The third kappa shape index (κ3) is 3.71. The summed E-state index contributed by atoms with van der Waals surface area (Å²) in [6.45, 7) is 6.62. The Bertz CT molecular complexity index is 540. The average Bonchev–Trinajstić information content (AvgIpc) is 2.45. The van der Waals surface area contributed by atoms with E-state index in [0.29, 0.717) is 12.0 Å². The van der Waals surface area contributed by atoms with Gasteiger partial charge >= 0.3 is 0 Å². The summed E-state index contributed by atoms with van der Waals surface area (Å²) in [5.74, 6) is 0.592. The molecule has 2 aromatic carbocycles. The van der Waals surface area contributed by atoms with Crippen molar-refractivity contribution in [1.29, 1.82) is 0 Å². The molecule has 1 heteroatoms. The summed E-state index contributed by atoms with van der Waals surface area (Å²) in [5, 5.41) is 3.43. The lowest BCUT2D eigenvalue weighted by atomic mass is 9.95. The first-order valence-corrected chi connectivity index (χ1v) is 7.43. The Kier molecular flexibility index (Phi) is 4.97. The highest BCUT2D eigenvalue weighted by Gasteiger charge is 2.10. The first-order chi connectivity index (χ1) is 9.60. The quantitative estimate of drug-likeness (QED) is 0.833. The van der Waals surface area contributed by atoms with Crippen molar-refractivity contribution in [3.8, 4) is 0 Å². The summed E-state index contributed by atoms with van der Waals surface area (Å²) in [6, 6.07) is 18.2. The van der Waals surface area contributed by atoms with Crippen LogP contribution >= 0.6 is 0 Å². The number of likely N-dealkylation sites (N-methyl/N-ethyl adjacent to an activating group) is 1. The molecule has 0 fully saturated rings. The van der Waals surface area contributed by atoms with Crippen molar-refractivity contribution in [3.63, 3.8) is 0 Å². The van der Waals surface area contributed by atoms with Gasteiger partial charge in [0.2, 0.25) is 0 Å². The number of hydrogen-bond acceptors (Lipinski definition) is 1. The third-order valence-corrected chi connectivity index (χ3v) is 3.88. The summed E-state index contributed by atoms with van der Waals surface area (Å²) in [5.41, 5.74) is 5.47. The van der Waals surface area contributed by atoms with Gasteiger partial charge in [-0.15, -0.1) is 0 Å². The minimum absolute atomic E-state index is 0.373. The van der Waals surface area contributed by atoms with Crippen molar-refractivity contribution in [2.45, 2.75) is 39.2 Å². The molecule has 2 rings (SSSR count). The van der Waals surface area contributed by atoms with Crippen LogP contribution in [0.4, 0.5) is 0 Å². The zero-order valence-electron chi connectivity index (χ0n) is 13.0. The number of rotatable bonds is 5. The van der Waals surface area contributed by atoms with Gasteiger partial charge in [0, 0.05) is 6.04 Å². The molecule has 0 aliphatic rings. The molecule has 2 aromatic rings. The van der Waals surface area contributed by atoms with Crippen LogP contribution in [0.1, 0.15) is 48.1 Å². The van der Waals surface area contributed by atoms with E-state index in [9.17, 15) is 0 Å². The van der Waals surface area contributed by atoms with Crippen molar-refractivity contribution in [2.75, 3.05) is 7.05 Å². The van der Waals surface area contributed by atoms with Gasteiger partial charge in [0.15, 0.2) is 0 Å². The maximum atomic E-state index is 3.43. The Morgan fingerprint density at radius 1 is 0.950 bits per heavy atom. The fourth-order valence-corrected chi connectivity index (χ4v) is 2.57. The van der Waals surface area contributed by atoms with E-state index in [1.165, 1.54) is 22.3 Å². The molecule has 0 radical (unpaired) electrons. The molecule has 106 valence electrons. The summed E-state index contributed by atoms with van der Waals surface area (Å²) < 4.78 is 0. The molecule has 0 saturated heterocycles. The number of nitrogens with one attached hydrogen (secondary N) is 1. The van der Waals surface area contributed by atoms with E-state index in [1.54, 1.807) is 0 Å². The molecule has 0 bridgehead atoms. The van der Waals surface area contributed by atoms with Crippen LogP contribution < -0.4 is 5.32 Å². The highest BCUT2D eigenvalue weighted by atomic mass is 14.9. The predicted octanol–water partition coefficient (Wildman–Crippen LogP) is 4.62. The number of aryl methyl sites for hydroxylation is 1. The molecule has 20 heavy (non-hydrogen) atoms. The van der Waals surface area contributed by atoms with E-state index >= 15 is 0 Å². The summed E-state index contributed by atoms with van der Waals surface area (Å²) >= 11 is 0. The molecular weight excluding hydrogens is 242 g/mol. The zero-order valence-corrected chi connectivity index (χ0v) is 13.0. The zero-order chi connectivity index (χ0) is 14.5. The van der Waals surface area contributed by atoms with Gasteiger partial charge in [-0.25, -0.2) is 0 Å². The second kappa shape index (κ2) is 6.71. The molecule has 0 saturated carbocycles. The van der Waals surface area contributed by atoms with Crippen molar-refractivity contribution in [1.82, 2.24) is 5.32 Å². The fourth-order valence-electron chi connectivity index (χ4n) is 2.57. The first kappa shape index (κ1) is 14.8. The lowest BCUT2D eigenvalue weighted by Crippen LogP contribution is -2.18. The Labute approximate surface area is 123 Å². The second-order valence-corrected chi connectivity index (χ2v) is 5.86. The lowest BCUT2D eigenvalue weighted by Gasteiger charge is -2.18. The SMILES string of the molecule is CNC(Cc1cccc(C)c1)c1ccc(C(C)C)cc1. The van der Waals surface area contributed by atoms with E-state index in [1.807, 2.05) is 7.05 Å². The fraction of sp³-hybridized carbons (Fsp3) is 0.368. The van der Waals surface area contributed by atoms with E-state index in [4.69, 9.17) is 0 Å².